The molecule has 0 spiro atoms. The Bertz CT molecular complexity index is 579. The number of anilines is 2. The van der Waals surface area contributed by atoms with Crippen LogP contribution in [0, 0.1) is 6.92 Å². The van der Waals surface area contributed by atoms with Crippen molar-refractivity contribution >= 4 is 11.4 Å². The first-order valence-electron chi connectivity index (χ1n) is 7.12. The van der Waals surface area contributed by atoms with E-state index in [0.29, 0.717) is 19.5 Å². The fourth-order valence-electron chi connectivity index (χ4n) is 2.16. The van der Waals surface area contributed by atoms with Gasteiger partial charge >= 0.3 is 0 Å². The number of benzene rings is 1. The van der Waals surface area contributed by atoms with Gasteiger partial charge in [-0.25, -0.2) is 0 Å². The summed E-state index contributed by atoms with van der Waals surface area (Å²) in [6, 6.07) is 6.31. The lowest BCUT2D eigenvalue weighted by molar-refractivity contribution is 0.276. The Balaban J connectivity index is 1.96. The highest BCUT2D eigenvalue weighted by molar-refractivity contribution is 5.61. The maximum absolute atomic E-state index is 8.80. The molecule has 0 aliphatic carbocycles. The lowest BCUT2D eigenvalue weighted by Gasteiger charge is -2.17. The number of aryl methyl sites for hydroxylation is 2. The Labute approximate surface area is 125 Å². The highest BCUT2D eigenvalue weighted by atomic mass is 16.3. The minimum absolute atomic E-state index is 0.171. The van der Waals surface area contributed by atoms with E-state index in [2.05, 4.69) is 45.7 Å². The monoisotopic (exact) mass is 289 g/mol. The van der Waals surface area contributed by atoms with Crippen molar-refractivity contribution in [3.63, 3.8) is 0 Å². The van der Waals surface area contributed by atoms with Crippen molar-refractivity contribution in [2.24, 2.45) is 0 Å². The number of nitrogens with zero attached hydrogens (tertiary/aromatic N) is 4. The Morgan fingerprint density at radius 2 is 2.14 bits per heavy atom. The minimum Gasteiger partial charge on any atom is -0.396 e. The zero-order chi connectivity index (χ0) is 15.2. The zero-order valence-corrected chi connectivity index (χ0v) is 12.9. The van der Waals surface area contributed by atoms with Crippen molar-refractivity contribution in [2.45, 2.75) is 26.4 Å². The number of rotatable bonds is 7. The lowest BCUT2D eigenvalue weighted by Crippen LogP contribution is -2.11. The topological polar surface area (TPSA) is 66.2 Å². The van der Waals surface area contributed by atoms with Crippen LogP contribution in [-0.4, -0.2) is 40.8 Å². The second-order valence-electron chi connectivity index (χ2n) is 5.30. The molecule has 0 atom stereocenters. The number of hydrogen-bond acceptors (Lipinski definition) is 5. The SMILES string of the molecule is Cc1ccc(NCc2cn(CCCO)nn2)cc1N(C)C. The molecule has 2 aromatic rings. The van der Waals surface area contributed by atoms with E-state index < -0.39 is 0 Å². The molecule has 0 saturated heterocycles. The van der Waals surface area contributed by atoms with E-state index in [1.54, 1.807) is 4.68 Å². The molecular formula is C15H23N5O. The average molecular weight is 289 g/mol. The third-order valence-electron chi connectivity index (χ3n) is 3.30. The number of aliphatic hydroxyl groups excluding tert-OH is 1. The second-order valence-corrected chi connectivity index (χ2v) is 5.30. The molecule has 6 nitrogen and oxygen atoms in total. The van der Waals surface area contributed by atoms with Crippen LogP contribution in [0.15, 0.2) is 24.4 Å². The van der Waals surface area contributed by atoms with E-state index in [0.717, 1.165) is 11.4 Å². The molecule has 0 saturated carbocycles. The molecule has 2 rings (SSSR count). The Hall–Kier alpha value is -2.08. The van der Waals surface area contributed by atoms with Crippen molar-refractivity contribution < 1.29 is 5.11 Å². The molecule has 1 aromatic carbocycles. The highest BCUT2D eigenvalue weighted by Crippen LogP contribution is 2.22. The molecular weight excluding hydrogens is 266 g/mol. The van der Waals surface area contributed by atoms with Gasteiger partial charge in [-0.2, -0.15) is 0 Å². The van der Waals surface area contributed by atoms with Crippen LogP contribution in [0.4, 0.5) is 11.4 Å². The van der Waals surface area contributed by atoms with Crippen LogP contribution in [0.25, 0.3) is 0 Å². The summed E-state index contributed by atoms with van der Waals surface area (Å²) in [5, 5.41) is 20.3. The molecule has 0 aliphatic rings. The first kappa shape index (κ1) is 15.3. The fourth-order valence-corrected chi connectivity index (χ4v) is 2.16. The molecule has 114 valence electrons. The van der Waals surface area contributed by atoms with Gasteiger partial charge in [-0.05, 0) is 31.0 Å². The fraction of sp³-hybridized carbons (Fsp3) is 0.467. The first-order valence-corrected chi connectivity index (χ1v) is 7.12. The van der Waals surface area contributed by atoms with Crippen LogP contribution < -0.4 is 10.2 Å². The van der Waals surface area contributed by atoms with Crippen molar-refractivity contribution in [3.05, 3.63) is 35.7 Å². The van der Waals surface area contributed by atoms with Gasteiger partial charge in [0.1, 0.15) is 5.69 Å². The third kappa shape index (κ3) is 4.19. The third-order valence-corrected chi connectivity index (χ3v) is 3.30. The molecule has 0 bridgehead atoms. The number of aromatic nitrogens is 3. The predicted octanol–water partition coefficient (Wildman–Crippen LogP) is 1.65. The number of nitrogens with one attached hydrogen (secondary N) is 1. The quantitative estimate of drug-likeness (QED) is 0.811. The molecule has 0 radical (unpaired) electrons. The first-order chi connectivity index (χ1) is 10.1. The Morgan fingerprint density at radius 3 is 2.86 bits per heavy atom. The maximum atomic E-state index is 8.80. The average Bonchev–Trinajstić information content (AvgIpc) is 2.92. The lowest BCUT2D eigenvalue weighted by atomic mass is 10.1. The van der Waals surface area contributed by atoms with Gasteiger partial charge in [-0.1, -0.05) is 11.3 Å². The molecule has 2 N–H and O–H groups in total. The molecule has 0 amide bonds. The van der Waals surface area contributed by atoms with E-state index in [1.807, 2.05) is 20.3 Å². The summed E-state index contributed by atoms with van der Waals surface area (Å²) in [6.07, 6.45) is 2.60. The molecule has 0 fully saturated rings. The van der Waals surface area contributed by atoms with E-state index >= 15 is 0 Å². The molecule has 0 aliphatic heterocycles. The van der Waals surface area contributed by atoms with Crippen LogP contribution >= 0.6 is 0 Å². The van der Waals surface area contributed by atoms with Gasteiger partial charge < -0.3 is 15.3 Å². The van der Waals surface area contributed by atoms with Crippen molar-refractivity contribution in [1.29, 1.82) is 0 Å². The van der Waals surface area contributed by atoms with Crippen LogP contribution in [0.2, 0.25) is 0 Å². The Morgan fingerprint density at radius 1 is 1.33 bits per heavy atom. The summed E-state index contributed by atoms with van der Waals surface area (Å²) in [6.45, 7) is 3.60. The molecule has 1 heterocycles. The summed E-state index contributed by atoms with van der Waals surface area (Å²) >= 11 is 0. The molecule has 21 heavy (non-hydrogen) atoms. The summed E-state index contributed by atoms with van der Waals surface area (Å²) in [4.78, 5) is 2.10. The van der Waals surface area contributed by atoms with Crippen LogP contribution in [-0.2, 0) is 13.1 Å². The van der Waals surface area contributed by atoms with Gasteiger partial charge in [-0.3, -0.25) is 4.68 Å². The predicted molar refractivity (Wildman–Crippen MR) is 84.6 cm³/mol. The summed E-state index contributed by atoms with van der Waals surface area (Å²) in [5.74, 6) is 0. The molecule has 1 aromatic heterocycles. The molecule has 0 unspecified atom stereocenters. The van der Waals surface area contributed by atoms with Gasteiger partial charge in [0.15, 0.2) is 0 Å². The van der Waals surface area contributed by atoms with Crippen molar-refractivity contribution in [1.82, 2.24) is 15.0 Å². The van der Waals surface area contributed by atoms with Crippen LogP contribution in [0.5, 0.6) is 0 Å². The summed E-state index contributed by atoms with van der Waals surface area (Å²) < 4.78 is 1.76. The van der Waals surface area contributed by atoms with Crippen LogP contribution in [0.1, 0.15) is 17.7 Å². The Kier molecular flexibility index (Phi) is 5.16. The second kappa shape index (κ2) is 7.08. The maximum Gasteiger partial charge on any atom is 0.102 e. The van der Waals surface area contributed by atoms with Gasteiger partial charge in [0.05, 0.1) is 12.7 Å². The van der Waals surface area contributed by atoms with E-state index in [-0.39, 0.29) is 6.61 Å². The van der Waals surface area contributed by atoms with Crippen molar-refractivity contribution in [3.8, 4) is 0 Å². The van der Waals surface area contributed by atoms with Crippen LogP contribution in [0.3, 0.4) is 0 Å². The van der Waals surface area contributed by atoms with Gasteiger partial charge in [0.2, 0.25) is 0 Å². The standard InChI is InChI=1S/C15H23N5O/c1-12-5-6-13(9-15(12)19(2)3)16-10-14-11-20(18-17-14)7-4-8-21/h5-6,9,11,16,21H,4,7-8,10H2,1-3H3. The number of aliphatic hydroxyl groups is 1. The normalized spacial score (nSPS) is 10.7. The van der Waals surface area contributed by atoms with Gasteiger partial charge in [-0.15, -0.1) is 5.10 Å². The van der Waals surface area contributed by atoms with E-state index in [9.17, 15) is 0 Å². The summed E-state index contributed by atoms with van der Waals surface area (Å²) in [7, 11) is 4.08. The van der Waals surface area contributed by atoms with Gasteiger partial charge in [0.25, 0.3) is 0 Å². The largest absolute Gasteiger partial charge is 0.396 e. The minimum atomic E-state index is 0.171. The summed E-state index contributed by atoms with van der Waals surface area (Å²) in [5.41, 5.74) is 4.40. The highest BCUT2D eigenvalue weighted by Gasteiger charge is 2.04. The number of hydrogen-bond donors (Lipinski definition) is 2. The van der Waals surface area contributed by atoms with Crippen molar-refractivity contribution in [2.75, 3.05) is 30.9 Å². The van der Waals surface area contributed by atoms with E-state index in [4.69, 9.17) is 5.11 Å². The zero-order valence-electron chi connectivity index (χ0n) is 12.9. The van der Waals surface area contributed by atoms with E-state index in [1.165, 1.54) is 11.3 Å². The molecule has 6 heteroatoms. The smallest absolute Gasteiger partial charge is 0.102 e. The van der Waals surface area contributed by atoms with Gasteiger partial charge in [0, 0.05) is 38.6 Å².